The summed E-state index contributed by atoms with van der Waals surface area (Å²) in [7, 11) is 0. The highest BCUT2D eigenvalue weighted by Crippen LogP contribution is 2.22. The van der Waals surface area contributed by atoms with Gasteiger partial charge in [0.1, 0.15) is 0 Å². The maximum absolute atomic E-state index is 11.5. The van der Waals surface area contributed by atoms with E-state index in [0.717, 1.165) is 12.1 Å². The third-order valence-corrected chi connectivity index (χ3v) is 3.04. The highest BCUT2D eigenvalue weighted by atomic mass is 16.1. The third kappa shape index (κ3) is 6.42. The Kier molecular flexibility index (Phi) is 9.87. The zero-order valence-corrected chi connectivity index (χ0v) is 13.2. The second-order valence-corrected chi connectivity index (χ2v) is 4.46. The van der Waals surface area contributed by atoms with Crippen molar-refractivity contribution in [3.8, 4) is 0 Å². The van der Waals surface area contributed by atoms with Gasteiger partial charge in [-0.15, -0.1) is 0 Å². The molecule has 0 aromatic heterocycles. The van der Waals surface area contributed by atoms with Crippen LogP contribution in [-0.2, 0) is 11.2 Å². The molecule has 0 bridgehead atoms. The fourth-order valence-corrected chi connectivity index (χ4v) is 1.94. The van der Waals surface area contributed by atoms with Crippen LogP contribution < -0.4 is 5.32 Å². The van der Waals surface area contributed by atoms with E-state index in [0.29, 0.717) is 6.42 Å². The standard InChI is InChI=1S/C15H23NO.C2H6.H2/c1-4-6-7-10-13-12(3)9-8-11-14(13)16-15(17)5-2;1-2;/h8-9,11H,4-7,10H2,1-3H3,(H,16,17);1-2H3;1H. The van der Waals surface area contributed by atoms with E-state index in [1.807, 2.05) is 32.9 Å². The van der Waals surface area contributed by atoms with Crippen LogP contribution in [0.4, 0.5) is 5.69 Å². The molecule has 0 heterocycles. The molecule has 0 saturated heterocycles. The average Bonchev–Trinajstić information content (AvgIpc) is 2.44. The largest absolute Gasteiger partial charge is 0.326 e. The van der Waals surface area contributed by atoms with Crippen molar-refractivity contribution in [2.45, 2.75) is 66.7 Å². The van der Waals surface area contributed by atoms with Crippen molar-refractivity contribution in [3.05, 3.63) is 29.3 Å². The minimum Gasteiger partial charge on any atom is -0.326 e. The van der Waals surface area contributed by atoms with E-state index in [2.05, 4.69) is 25.2 Å². The molecule has 0 radical (unpaired) electrons. The summed E-state index contributed by atoms with van der Waals surface area (Å²) in [4.78, 5) is 11.5. The van der Waals surface area contributed by atoms with Crippen molar-refractivity contribution in [3.63, 3.8) is 0 Å². The van der Waals surface area contributed by atoms with Crippen molar-refractivity contribution in [2.75, 3.05) is 5.32 Å². The first kappa shape index (κ1) is 17.7. The van der Waals surface area contributed by atoms with E-state index >= 15 is 0 Å². The smallest absolute Gasteiger partial charge is 0.224 e. The quantitative estimate of drug-likeness (QED) is 0.690. The molecule has 0 atom stereocenters. The Morgan fingerprint density at radius 1 is 1.21 bits per heavy atom. The van der Waals surface area contributed by atoms with Crippen LogP contribution in [0.2, 0.25) is 0 Å². The summed E-state index contributed by atoms with van der Waals surface area (Å²) in [5.41, 5.74) is 3.56. The summed E-state index contributed by atoms with van der Waals surface area (Å²) in [5, 5.41) is 2.99. The Hall–Kier alpha value is -1.31. The van der Waals surface area contributed by atoms with Crippen LogP contribution in [0.1, 0.15) is 65.9 Å². The van der Waals surface area contributed by atoms with Crippen LogP contribution in [0, 0.1) is 6.92 Å². The van der Waals surface area contributed by atoms with Gasteiger partial charge < -0.3 is 5.32 Å². The molecule has 0 spiro atoms. The van der Waals surface area contributed by atoms with Gasteiger partial charge in [-0.2, -0.15) is 0 Å². The Labute approximate surface area is 120 Å². The van der Waals surface area contributed by atoms with Crippen LogP contribution in [0.5, 0.6) is 0 Å². The molecule has 0 aliphatic heterocycles. The van der Waals surface area contributed by atoms with Gasteiger partial charge in [0.15, 0.2) is 0 Å². The average molecular weight is 265 g/mol. The fourth-order valence-electron chi connectivity index (χ4n) is 1.94. The summed E-state index contributed by atoms with van der Waals surface area (Å²) in [6.07, 6.45) is 5.25. The molecule has 110 valence electrons. The van der Waals surface area contributed by atoms with E-state index in [1.54, 1.807) is 0 Å². The highest BCUT2D eigenvalue weighted by molar-refractivity contribution is 5.91. The molecule has 2 nitrogen and oxygen atoms in total. The number of amides is 1. The first-order valence-electron chi connectivity index (χ1n) is 7.57. The summed E-state index contributed by atoms with van der Waals surface area (Å²) >= 11 is 0. The second-order valence-electron chi connectivity index (χ2n) is 4.46. The lowest BCUT2D eigenvalue weighted by atomic mass is 10.00. The molecule has 1 N–H and O–H groups in total. The highest BCUT2D eigenvalue weighted by Gasteiger charge is 2.07. The van der Waals surface area contributed by atoms with Gasteiger partial charge in [0.2, 0.25) is 5.91 Å². The summed E-state index contributed by atoms with van der Waals surface area (Å²) in [6.45, 7) is 10.2. The summed E-state index contributed by atoms with van der Waals surface area (Å²) in [5.74, 6) is 0.0901. The van der Waals surface area contributed by atoms with Gasteiger partial charge in [0.25, 0.3) is 0 Å². The molecule has 2 heteroatoms. The molecule has 1 aromatic rings. The topological polar surface area (TPSA) is 29.1 Å². The second kappa shape index (κ2) is 10.6. The number of aryl methyl sites for hydroxylation is 1. The maximum Gasteiger partial charge on any atom is 0.224 e. The van der Waals surface area contributed by atoms with E-state index < -0.39 is 0 Å². The predicted molar refractivity (Wildman–Crippen MR) is 86.8 cm³/mol. The number of unbranched alkanes of at least 4 members (excludes halogenated alkanes) is 2. The Morgan fingerprint density at radius 3 is 2.47 bits per heavy atom. The fraction of sp³-hybridized carbons (Fsp3) is 0.588. The summed E-state index contributed by atoms with van der Waals surface area (Å²) in [6, 6.07) is 6.12. The number of nitrogens with one attached hydrogen (secondary N) is 1. The third-order valence-electron chi connectivity index (χ3n) is 3.04. The normalized spacial score (nSPS) is 9.53. The molecule has 0 aliphatic carbocycles. The van der Waals surface area contributed by atoms with Gasteiger partial charge in [-0.1, -0.05) is 52.7 Å². The van der Waals surface area contributed by atoms with Gasteiger partial charge in [-0.25, -0.2) is 0 Å². The molecule has 1 rings (SSSR count). The van der Waals surface area contributed by atoms with Crippen LogP contribution in [0.3, 0.4) is 0 Å². The molecule has 0 fully saturated rings. The van der Waals surface area contributed by atoms with Crippen LogP contribution in [0.25, 0.3) is 0 Å². The monoisotopic (exact) mass is 265 g/mol. The minimum absolute atomic E-state index is 0. The molecule has 19 heavy (non-hydrogen) atoms. The van der Waals surface area contributed by atoms with Gasteiger partial charge in [-0.3, -0.25) is 4.79 Å². The number of rotatable bonds is 6. The van der Waals surface area contributed by atoms with E-state index in [4.69, 9.17) is 0 Å². The molecule has 0 aliphatic rings. The number of carbonyl (C=O) groups excluding carboxylic acids is 1. The number of anilines is 1. The maximum atomic E-state index is 11.5. The van der Waals surface area contributed by atoms with Gasteiger partial charge >= 0.3 is 0 Å². The van der Waals surface area contributed by atoms with Gasteiger partial charge in [0.05, 0.1) is 0 Å². The number of carbonyl (C=O) groups is 1. The first-order valence-corrected chi connectivity index (χ1v) is 7.57. The zero-order valence-electron chi connectivity index (χ0n) is 13.2. The number of hydrogen-bond acceptors (Lipinski definition) is 1. The lowest BCUT2D eigenvalue weighted by Gasteiger charge is -2.13. The molecule has 1 amide bonds. The molecular formula is C17H31NO. The van der Waals surface area contributed by atoms with Crippen LogP contribution in [0.15, 0.2) is 18.2 Å². The Balaban J connectivity index is 0. The van der Waals surface area contributed by atoms with E-state index in [9.17, 15) is 4.79 Å². The molecule has 0 unspecified atom stereocenters. The lowest BCUT2D eigenvalue weighted by Crippen LogP contribution is -2.11. The zero-order chi connectivity index (χ0) is 14.7. The molecule has 0 saturated carbocycles. The minimum atomic E-state index is 0. The number of hydrogen-bond donors (Lipinski definition) is 1. The predicted octanol–water partition coefficient (Wildman–Crippen LogP) is 5.35. The SMILES string of the molecule is CC.CCCCCc1c(C)cccc1NC(=O)CC.[HH]. The molecule has 1 aromatic carbocycles. The van der Waals surface area contributed by atoms with Gasteiger partial charge in [-0.05, 0) is 37.0 Å². The van der Waals surface area contributed by atoms with Crippen molar-refractivity contribution < 1.29 is 6.22 Å². The van der Waals surface area contributed by atoms with Gasteiger partial charge in [0, 0.05) is 13.5 Å². The first-order chi connectivity index (χ1) is 9.19. The summed E-state index contributed by atoms with van der Waals surface area (Å²) < 4.78 is 0. The van der Waals surface area contributed by atoms with Crippen LogP contribution in [-0.4, -0.2) is 5.91 Å². The molecular weight excluding hydrogens is 234 g/mol. The van der Waals surface area contributed by atoms with Crippen molar-refractivity contribution in [1.82, 2.24) is 0 Å². The lowest BCUT2D eigenvalue weighted by molar-refractivity contribution is -0.115. The van der Waals surface area contributed by atoms with Crippen molar-refractivity contribution in [1.29, 1.82) is 0 Å². The number of benzene rings is 1. The Morgan fingerprint density at radius 2 is 1.89 bits per heavy atom. The Bertz CT molecular complexity index is 377. The van der Waals surface area contributed by atoms with Crippen molar-refractivity contribution in [2.24, 2.45) is 0 Å². The van der Waals surface area contributed by atoms with E-state index in [-0.39, 0.29) is 7.33 Å². The van der Waals surface area contributed by atoms with Crippen LogP contribution >= 0.6 is 0 Å². The van der Waals surface area contributed by atoms with Crippen molar-refractivity contribution >= 4 is 11.6 Å². The van der Waals surface area contributed by atoms with E-state index in [1.165, 1.54) is 30.4 Å².